The summed E-state index contributed by atoms with van der Waals surface area (Å²) in [5, 5.41) is 2.46. The van der Waals surface area contributed by atoms with Gasteiger partial charge in [-0.05, 0) is 35.2 Å². The number of ether oxygens (including phenoxy) is 1. The average molecular weight is 383 g/mol. The summed E-state index contributed by atoms with van der Waals surface area (Å²) in [6, 6.07) is 13.9. The quantitative estimate of drug-likeness (QED) is 0.683. The van der Waals surface area contributed by atoms with Crippen molar-refractivity contribution in [3.8, 4) is 0 Å². The summed E-state index contributed by atoms with van der Waals surface area (Å²) in [7, 11) is 1.67. The van der Waals surface area contributed by atoms with Crippen molar-refractivity contribution in [2.75, 3.05) is 13.7 Å². The number of nitrogens with one attached hydrogen (secondary N) is 1. The first-order valence-electron chi connectivity index (χ1n) is 9.00. The first-order chi connectivity index (χ1) is 13.4. The summed E-state index contributed by atoms with van der Waals surface area (Å²) in [5.41, 5.74) is 8.38. The predicted octanol–water partition coefficient (Wildman–Crippen LogP) is 2.23. The predicted molar refractivity (Wildman–Crippen MR) is 105 cm³/mol. The number of nitrogens with zero attached hydrogens (tertiary/aromatic N) is 1. The summed E-state index contributed by atoms with van der Waals surface area (Å²) in [4.78, 5) is 36.5. The van der Waals surface area contributed by atoms with Crippen molar-refractivity contribution in [3.63, 3.8) is 0 Å². The molecule has 0 radical (unpaired) electrons. The van der Waals surface area contributed by atoms with Gasteiger partial charge in [0.25, 0.3) is 5.91 Å². The maximum Gasteiger partial charge on any atom is 0.338 e. The summed E-state index contributed by atoms with van der Waals surface area (Å²) in [6.45, 7) is 2.48. The number of benzene rings is 2. The molecule has 0 heterocycles. The molecule has 0 fully saturated rings. The van der Waals surface area contributed by atoms with Crippen molar-refractivity contribution in [1.29, 1.82) is 0 Å². The number of aryl methyl sites for hydroxylation is 1. The normalized spacial score (nSPS) is 10.2. The smallest absolute Gasteiger partial charge is 0.338 e. The topological polar surface area (TPSA) is 102 Å². The van der Waals surface area contributed by atoms with E-state index in [2.05, 4.69) is 12.2 Å². The fraction of sp³-hybridized carbons (Fsp3) is 0.286. The van der Waals surface area contributed by atoms with E-state index in [1.807, 2.05) is 24.3 Å². The third-order valence-corrected chi connectivity index (χ3v) is 4.26. The molecule has 28 heavy (non-hydrogen) atoms. The van der Waals surface area contributed by atoms with E-state index in [4.69, 9.17) is 10.5 Å². The van der Waals surface area contributed by atoms with Gasteiger partial charge in [0, 0.05) is 20.1 Å². The molecule has 0 aromatic heterocycles. The highest BCUT2D eigenvalue weighted by atomic mass is 16.5. The number of carbonyl (C=O) groups excluding carboxylic acids is 3. The maximum atomic E-state index is 12.2. The van der Waals surface area contributed by atoms with Gasteiger partial charge in [-0.25, -0.2) is 9.59 Å². The van der Waals surface area contributed by atoms with Crippen molar-refractivity contribution in [1.82, 2.24) is 10.2 Å². The monoisotopic (exact) mass is 383 g/mol. The van der Waals surface area contributed by atoms with Crippen LogP contribution >= 0.6 is 0 Å². The number of urea groups is 1. The third kappa shape index (κ3) is 6.42. The van der Waals surface area contributed by atoms with Gasteiger partial charge in [0.2, 0.25) is 0 Å². The zero-order chi connectivity index (χ0) is 20.5. The van der Waals surface area contributed by atoms with Crippen LogP contribution in [0, 0.1) is 0 Å². The Hall–Kier alpha value is -3.35. The number of amides is 3. The molecule has 0 saturated heterocycles. The van der Waals surface area contributed by atoms with Crippen LogP contribution in [-0.4, -0.2) is 36.5 Å². The molecule has 0 atom stereocenters. The number of likely N-dealkylation sites (N-methyl/N-ethyl adjacent to an activating group) is 1. The zero-order valence-electron chi connectivity index (χ0n) is 16.1. The Labute approximate surface area is 164 Å². The molecule has 0 aliphatic carbocycles. The average Bonchev–Trinajstić information content (AvgIpc) is 2.71. The highest BCUT2D eigenvalue weighted by Crippen LogP contribution is 2.09. The van der Waals surface area contributed by atoms with Crippen LogP contribution in [0.15, 0.2) is 48.5 Å². The van der Waals surface area contributed by atoms with Gasteiger partial charge in [0.05, 0.1) is 5.56 Å². The van der Waals surface area contributed by atoms with Crippen molar-refractivity contribution >= 4 is 17.9 Å². The van der Waals surface area contributed by atoms with E-state index < -0.39 is 12.0 Å². The van der Waals surface area contributed by atoms with Gasteiger partial charge in [-0.1, -0.05) is 43.3 Å². The van der Waals surface area contributed by atoms with Crippen LogP contribution in [0.2, 0.25) is 0 Å². The van der Waals surface area contributed by atoms with E-state index in [1.54, 1.807) is 31.3 Å². The first kappa shape index (κ1) is 21.0. The van der Waals surface area contributed by atoms with Crippen LogP contribution in [0.4, 0.5) is 4.79 Å². The van der Waals surface area contributed by atoms with Crippen LogP contribution in [-0.2, 0) is 29.0 Å². The van der Waals surface area contributed by atoms with E-state index in [9.17, 15) is 14.4 Å². The molecule has 148 valence electrons. The molecule has 7 nitrogen and oxygen atoms in total. The fourth-order valence-electron chi connectivity index (χ4n) is 2.51. The minimum atomic E-state index is -0.618. The molecule has 0 aliphatic rings. The number of hydrogen-bond donors (Lipinski definition) is 2. The highest BCUT2D eigenvalue weighted by Gasteiger charge is 2.14. The number of carbonyl (C=O) groups is 3. The van der Waals surface area contributed by atoms with Crippen LogP contribution < -0.4 is 11.1 Å². The van der Waals surface area contributed by atoms with Gasteiger partial charge in [-0.2, -0.15) is 0 Å². The Kier molecular flexibility index (Phi) is 7.56. The molecule has 7 heteroatoms. The lowest BCUT2D eigenvalue weighted by Gasteiger charge is -2.17. The minimum absolute atomic E-state index is 0.271. The fourth-order valence-corrected chi connectivity index (χ4v) is 2.51. The Morgan fingerprint density at radius 3 is 2.11 bits per heavy atom. The van der Waals surface area contributed by atoms with Crippen LogP contribution in [0.1, 0.15) is 34.0 Å². The Morgan fingerprint density at radius 1 is 0.964 bits per heavy atom. The third-order valence-electron chi connectivity index (χ3n) is 4.26. The first-order valence-corrected chi connectivity index (χ1v) is 9.00. The standard InChI is InChI=1S/C21H25N3O4/c1-3-15-4-6-17(7-5-15)13-24(2)19(25)14-28-20(26)18-10-8-16(9-11-18)12-23-21(22)27/h4-11H,3,12-14H2,1-2H3,(H3,22,23,27). The van der Waals surface area contributed by atoms with E-state index in [1.165, 1.54) is 10.5 Å². The number of esters is 1. The van der Waals surface area contributed by atoms with Gasteiger partial charge in [-0.15, -0.1) is 0 Å². The molecular weight excluding hydrogens is 358 g/mol. The summed E-state index contributed by atoms with van der Waals surface area (Å²) < 4.78 is 5.10. The number of rotatable bonds is 8. The second-order valence-electron chi connectivity index (χ2n) is 6.41. The molecule has 3 N–H and O–H groups in total. The zero-order valence-corrected chi connectivity index (χ0v) is 16.1. The molecule has 2 aromatic carbocycles. The molecule has 0 saturated carbocycles. The summed E-state index contributed by atoms with van der Waals surface area (Å²) >= 11 is 0. The molecule has 0 bridgehead atoms. The molecule has 2 rings (SSSR count). The molecular formula is C21H25N3O4. The van der Waals surface area contributed by atoms with Crippen molar-refractivity contribution < 1.29 is 19.1 Å². The van der Waals surface area contributed by atoms with Gasteiger partial charge in [0.15, 0.2) is 6.61 Å². The number of primary amides is 1. The van der Waals surface area contributed by atoms with Gasteiger partial charge in [-0.3, -0.25) is 4.79 Å². The largest absolute Gasteiger partial charge is 0.452 e. The molecule has 2 aromatic rings. The van der Waals surface area contributed by atoms with Crippen LogP contribution in [0.5, 0.6) is 0 Å². The van der Waals surface area contributed by atoms with Gasteiger partial charge in [0.1, 0.15) is 0 Å². The second-order valence-corrected chi connectivity index (χ2v) is 6.41. The van der Waals surface area contributed by atoms with Crippen molar-refractivity contribution in [3.05, 3.63) is 70.8 Å². The van der Waals surface area contributed by atoms with Crippen LogP contribution in [0.25, 0.3) is 0 Å². The van der Waals surface area contributed by atoms with Crippen LogP contribution in [0.3, 0.4) is 0 Å². The SMILES string of the molecule is CCc1ccc(CN(C)C(=O)COC(=O)c2ccc(CNC(N)=O)cc2)cc1. The number of nitrogens with two attached hydrogens (primary N) is 1. The maximum absolute atomic E-state index is 12.2. The number of hydrogen-bond acceptors (Lipinski definition) is 4. The molecule has 0 unspecified atom stereocenters. The van der Waals surface area contributed by atoms with E-state index >= 15 is 0 Å². The Morgan fingerprint density at radius 2 is 1.54 bits per heavy atom. The Bertz CT molecular complexity index is 817. The lowest BCUT2D eigenvalue weighted by atomic mass is 10.1. The molecule has 0 aliphatic heterocycles. The lowest BCUT2D eigenvalue weighted by Crippen LogP contribution is -2.30. The van der Waals surface area contributed by atoms with Gasteiger partial charge < -0.3 is 20.7 Å². The van der Waals surface area contributed by atoms with Gasteiger partial charge >= 0.3 is 12.0 Å². The van der Waals surface area contributed by atoms with E-state index in [-0.39, 0.29) is 19.1 Å². The molecule has 0 spiro atoms. The van der Waals surface area contributed by atoms with Crippen molar-refractivity contribution in [2.45, 2.75) is 26.4 Å². The minimum Gasteiger partial charge on any atom is -0.452 e. The van der Waals surface area contributed by atoms with E-state index in [0.717, 1.165) is 17.5 Å². The summed E-state index contributed by atoms with van der Waals surface area (Å²) in [5.74, 6) is -0.862. The molecule has 3 amide bonds. The lowest BCUT2D eigenvalue weighted by molar-refractivity contribution is -0.133. The van der Waals surface area contributed by atoms with Crippen molar-refractivity contribution in [2.24, 2.45) is 5.73 Å². The highest BCUT2D eigenvalue weighted by molar-refractivity contribution is 5.91. The second kappa shape index (κ2) is 10.1. The van der Waals surface area contributed by atoms with E-state index in [0.29, 0.717) is 12.1 Å². The Balaban J connectivity index is 1.81. The summed E-state index contributed by atoms with van der Waals surface area (Å²) in [6.07, 6.45) is 0.966.